The average molecular weight is 477 g/mol. The molecule has 0 N–H and O–H groups in total. The lowest BCUT2D eigenvalue weighted by Crippen LogP contribution is -2.35. The van der Waals surface area contributed by atoms with Crippen molar-refractivity contribution in [1.82, 2.24) is 9.29 Å². The van der Waals surface area contributed by atoms with Crippen LogP contribution in [0.15, 0.2) is 52.1 Å². The number of esters is 1. The smallest absolute Gasteiger partial charge is 0.306 e. The maximum absolute atomic E-state index is 12.7. The summed E-state index contributed by atoms with van der Waals surface area (Å²) in [6.45, 7) is 1.33. The Bertz CT molecular complexity index is 1100. The molecular formula is C22H24N2O4S3. The van der Waals surface area contributed by atoms with Gasteiger partial charge >= 0.3 is 5.97 Å². The monoisotopic (exact) mass is 476 g/mol. The molecule has 1 aliphatic rings. The van der Waals surface area contributed by atoms with Gasteiger partial charge < -0.3 is 4.74 Å². The van der Waals surface area contributed by atoms with Crippen LogP contribution in [0.2, 0.25) is 0 Å². The van der Waals surface area contributed by atoms with E-state index in [1.807, 2.05) is 22.9 Å². The summed E-state index contributed by atoms with van der Waals surface area (Å²) in [6.07, 6.45) is 3.64. The van der Waals surface area contributed by atoms with E-state index in [2.05, 4.69) is 4.98 Å². The number of nitrogens with zero attached hydrogens (tertiary/aromatic N) is 2. The van der Waals surface area contributed by atoms with Crippen LogP contribution in [0.4, 0.5) is 0 Å². The minimum Gasteiger partial charge on any atom is -0.459 e. The summed E-state index contributed by atoms with van der Waals surface area (Å²) < 4.78 is 32.3. The molecule has 3 aromatic rings. The summed E-state index contributed by atoms with van der Waals surface area (Å²) in [5.41, 5.74) is 1.65. The number of hydrogen-bond acceptors (Lipinski definition) is 7. The molecule has 1 aromatic carbocycles. The number of aryl methyl sites for hydroxylation is 1. The third kappa shape index (κ3) is 5.60. The Morgan fingerprint density at radius 2 is 1.84 bits per heavy atom. The lowest BCUT2D eigenvalue weighted by molar-refractivity contribution is -0.145. The number of rotatable bonds is 8. The van der Waals surface area contributed by atoms with Gasteiger partial charge in [-0.3, -0.25) is 4.79 Å². The molecule has 1 aliphatic heterocycles. The lowest BCUT2D eigenvalue weighted by atomic mass is 10.1. The van der Waals surface area contributed by atoms with Gasteiger partial charge in [0.1, 0.15) is 11.6 Å². The Balaban J connectivity index is 1.26. The summed E-state index contributed by atoms with van der Waals surface area (Å²) in [5.74, 6) is -0.296. The molecule has 0 spiro atoms. The first-order valence-corrected chi connectivity index (χ1v) is 13.5. The molecule has 6 nitrogen and oxygen atoms in total. The predicted octanol–water partition coefficient (Wildman–Crippen LogP) is 4.72. The fraction of sp³-hybridized carbons (Fsp3) is 0.364. The Hall–Kier alpha value is -2.07. The van der Waals surface area contributed by atoms with Crippen LogP contribution < -0.4 is 0 Å². The fourth-order valence-electron chi connectivity index (χ4n) is 3.44. The van der Waals surface area contributed by atoms with E-state index in [9.17, 15) is 13.2 Å². The SMILES string of the molecule is O=C(CCc1ccc(S(=O)(=O)N2CCCCC2)cc1)OCc1csc(-c2cccs2)n1. The zero-order valence-electron chi connectivity index (χ0n) is 17.0. The van der Waals surface area contributed by atoms with E-state index in [0.29, 0.717) is 24.4 Å². The van der Waals surface area contributed by atoms with Gasteiger partial charge in [-0.1, -0.05) is 24.6 Å². The van der Waals surface area contributed by atoms with Crippen LogP contribution in [0.3, 0.4) is 0 Å². The van der Waals surface area contributed by atoms with E-state index < -0.39 is 10.0 Å². The molecule has 4 rings (SSSR count). The normalized spacial score (nSPS) is 15.1. The van der Waals surface area contributed by atoms with Crippen LogP contribution in [0, 0.1) is 0 Å². The highest BCUT2D eigenvalue weighted by molar-refractivity contribution is 7.89. The number of thiazole rings is 1. The Labute approximate surface area is 190 Å². The Kier molecular flexibility index (Phi) is 7.16. The van der Waals surface area contributed by atoms with E-state index in [1.54, 1.807) is 39.9 Å². The Morgan fingerprint density at radius 3 is 2.55 bits per heavy atom. The lowest BCUT2D eigenvalue weighted by Gasteiger charge is -2.25. The molecule has 31 heavy (non-hydrogen) atoms. The van der Waals surface area contributed by atoms with Crippen molar-refractivity contribution in [2.75, 3.05) is 13.1 Å². The summed E-state index contributed by atoms with van der Waals surface area (Å²) in [5, 5.41) is 4.84. The van der Waals surface area contributed by atoms with Crippen LogP contribution in [0.1, 0.15) is 36.9 Å². The number of hydrogen-bond donors (Lipinski definition) is 0. The molecule has 0 aliphatic carbocycles. The van der Waals surface area contributed by atoms with Gasteiger partial charge in [-0.25, -0.2) is 13.4 Å². The summed E-state index contributed by atoms with van der Waals surface area (Å²) >= 11 is 3.17. The van der Waals surface area contributed by atoms with E-state index >= 15 is 0 Å². The van der Waals surface area contributed by atoms with Crippen LogP contribution >= 0.6 is 22.7 Å². The van der Waals surface area contributed by atoms with E-state index in [1.165, 1.54) is 11.3 Å². The first kappa shape index (κ1) is 22.1. The first-order chi connectivity index (χ1) is 15.0. The average Bonchev–Trinajstić information content (AvgIpc) is 3.49. The van der Waals surface area contributed by atoms with Crippen molar-refractivity contribution in [2.45, 2.75) is 43.6 Å². The summed E-state index contributed by atoms with van der Waals surface area (Å²) in [4.78, 5) is 18.0. The molecule has 1 fully saturated rings. The minimum atomic E-state index is -3.43. The van der Waals surface area contributed by atoms with Gasteiger partial charge in [0.25, 0.3) is 0 Å². The quantitative estimate of drug-likeness (QED) is 0.440. The highest BCUT2D eigenvalue weighted by Crippen LogP contribution is 2.28. The van der Waals surface area contributed by atoms with Crippen molar-refractivity contribution in [3.05, 3.63) is 58.4 Å². The van der Waals surface area contributed by atoms with Gasteiger partial charge in [0, 0.05) is 24.9 Å². The molecule has 1 saturated heterocycles. The second-order valence-corrected chi connectivity index (χ2v) is 11.1. The van der Waals surface area contributed by atoms with Crippen molar-refractivity contribution < 1.29 is 17.9 Å². The predicted molar refractivity (Wildman–Crippen MR) is 123 cm³/mol. The number of benzene rings is 1. The van der Waals surface area contributed by atoms with Gasteiger partial charge in [-0.2, -0.15) is 4.31 Å². The zero-order chi connectivity index (χ0) is 21.7. The molecule has 3 heterocycles. The third-order valence-electron chi connectivity index (χ3n) is 5.16. The van der Waals surface area contributed by atoms with Crippen LogP contribution in [-0.2, 0) is 32.6 Å². The highest BCUT2D eigenvalue weighted by atomic mass is 32.2. The number of carbonyl (C=O) groups excluding carboxylic acids is 1. The summed E-state index contributed by atoms with van der Waals surface area (Å²) in [6, 6.07) is 10.8. The molecule has 0 radical (unpaired) electrons. The molecule has 0 bridgehead atoms. The molecular weight excluding hydrogens is 452 g/mol. The van der Waals surface area contributed by atoms with Gasteiger partial charge in [-0.15, -0.1) is 22.7 Å². The summed E-state index contributed by atoms with van der Waals surface area (Å²) in [7, 11) is -3.43. The van der Waals surface area contributed by atoms with E-state index in [0.717, 1.165) is 40.4 Å². The number of sulfonamides is 1. The molecule has 0 saturated carbocycles. The largest absolute Gasteiger partial charge is 0.459 e. The van der Waals surface area contributed by atoms with Crippen molar-refractivity contribution in [3.63, 3.8) is 0 Å². The van der Waals surface area contributed by atoms with Gasteiger partial charge in [-0.05, 0) is 48.4 Å². The molecule has 2 aromatic heterocycles. The molecule has 9 heteroatoms. The van der Waals surface area contributed by atoms with Crippen molar-refractivity contribution in [1.29, 1.82) is 0 Å². The molecule has 0 amide bonds. The first-order valence-electron chi connectivity index (χ1n) is 10.3. The van der Waals surface area contributed by atoms with Gasteiger partial charge in [0.15, 0.2) is 0 Å². The Morgan fingerprint density at radius 1 is 1.06 bits per heavy atom. The van der Waals surface area contributed by atoms with Crippen molar-refractivity contribution in [3.8, 4) is 9.88 Å². The topological polar surface area (TPSA) is 76.6 Å². The van der Waals surface area contributed by atoms with Gasteiger partial charge in [0.2, 0.25) is 10.0 Å². The van der Waals surface area contributed by atoms with Crippen LogP contribution in [-0.4, -0.2) is 36.8 Å². The third-order valence-corrected chi connectivity index (χ3v) is 9.00. The molecule has 0 atom stereocenters. The fourth-order valence-corrected chi connectivity index (χ4v) is 6.58. The number of aromatic nitrogens is 1. The van der Waals surface area contributed by atoms with E-state index in [4.69, 9.17) is 4.74 Å². The maximum Gasteiger partial charge on any atom is 0.306 e. The van der Waals surface area contributed by atoms with Crippen LogP contribution in [0.25, 0.3) is 9.88 Å². The van der Waals surface area contributed by atoms with Crippen LogP contribution in [0.5, 0.6) is 0 Å². The minimum absolute atomic E-state index is 0.160. The second-order valence-electron chi connectivity index (χ2n) is 7.39. The highest BCUT2D eigenvalue weighted by Gasteiger charge is 2.25. The number of carbonyl (C=O) groups is 1. The van der Waals surface area contributed by atoms with Gasteiger partial charge in [0.05, 0.1) is 15.5 Å². The van der Waals surface area contributed by atoms with Crippen molar-refractivity contribution >= 4 is 38.7 Å². The second kappa shape index (κ2) is 10.0. The van der Waals surface area contributed by atoms with E-state index in [-0.39, 0.29) is 19.0 Å². The number of piperidine rings is 1. The van der Waals surface area contributed by atoms with Crippen molar-refractivity contribution in [2.24, 2.45) is 0 Å². The maximum atomic E-state index is 12.7. The zero-order valence-corrected chi connectivity index (χ0v) is 19.5. The number of ether oxygens (including phenoxy) is 1. The molecule has 0 unspecified atom stereocenters. The standard InChI is InChI=1S/C22H24N2O4S3/c25-21(28-15-18-16-30-22(23-18)20-5-4-14-29-20)11-8-17-6-9-19(10-7-17)31(26,27)24-12-2-1-3-13-24/h4-7,9-10,14,16H,1-3,8,11-13,15H2. The number of thiophene rings is 1. The molecule has 164 valence electrons.